The molecule has 0 bridgehead atoms. The molecule has 0 aliphatic rings. The topological polar surface area (TPSA) is 29.5 Å². The molecule has 2 aromatic heterocycles. The molecular formula is C44H27NO2. The Morgan fingerprint density at radius 2 is 0.851 bits per heavy atom. The maximum atomic E-state index is 6.36. The number of anilines is 3. The van der Waals surface area contributed by atoms with Crippen molar-refractivity contribution in [2.75, 3.05) is 4.90 Å². The molecule has 2 heterocycles. The normalized spacial score (nSPS) is 11.8. The minimum absolute atomic E-state index is 0.900. The lowest BCUT2D eigenvalue weighted by molar-refractivity contribution is 0.669. The molecule has 0 spiro atoms. The zero-order valence-corrected chi connectivity index (χ0v) is 25.4. The van der Waals surface area contributed by atoms with Crippen LogP contribution < -0.4 is 4.90 Å². The van der Waals surface area contributed by atoms with E-state index in [0.717, 1.165) is 77.5 Å². The van der Waals surface area contributed by atoms with Gasteiger partial charge in [0.1, 0.15) is 22.3 Å². The number of fused-ring (bicyclic) bond motifs is 8. The highest BCUT2D eigenvalue weighted by molar-refractivity contribution is 6.11. The Morgan fingerprint density at radius 3 is 1.66 bits per heavy atom. The fourth-order valence-electron chi connectivity index (χ4n) is 7.06. The van der Waals surface area contributed by atoms with E-state index in [1.54, 1.807) is 0 Å². The van der Waals surface area contributed by atoms with Crippen LogP contribution in [0.25, 0.3) is 76.5 Å². The number of hydrogen-bond donors (Lipinski definition) is 0. The summed E-state index contributed by atoms with van der Waals surface area (Å²) in [6.07, 6.45) is 0. The van der Waals surface area contributed by atoms with Gasteiger partial charge in [-0.25, -0.2) is 0 Å². The van der Waals surface area contributed by atoms with Crippen LogP contribution in [-0.4, -0.2) is 0 Å². The predicted molar refractivity (Wildman–Crippen MR) is 196 cm³/mol. The number of para-hydroxylation sites is 2. The van der Waals surface area contributed by atoms with Crippen molar-refractivity contribution in [3.8, 4) is 11.1 Å². The van der Waals surface area contributed by atoms with Crippen LogP contribution in [0.15, 0.2) is 173 Å². The van der Waals surface area contributed by atoms with E-state index >= 15 is 0 Å². The Hall–Kier alpha value is -6.32. The average Bonchev–Trinajstić information content (AvgIpc) is 3.67. The molecular weight excluding hydrogens is 574 g/mol. The summed E-state index contributed by atoms with van der Waals surface area (Å²) in [5.41, 5.74) is 9.17. The predicted octanol–water partition coefficient (Wildman–Crippen LogP) is 12.9. The van der Waals surface area contributed by atoms with Gasteiger partial charge >= 0.3 is 0 Å². The molecule has 0 aliphatic heterocycles. The van der Waals surface area contributed by atoms with Gasteiger partial charge in [0.2, 0.25) is 0 Å². The highest BCUT2D eigenvalue weighted by Gasteiger charge is 2.15. The summed E-state index contributed by atoms with van der Waals surface area (Å²) in [6.45, 7) is 0. The van der Waals surface area contributed by atoms with Crippen molar-refractivity contribution in [1.29, 1.82) is 0 Å². The number of furan rings is 2. The lowest BCUT2D eigenvalue weighted by Gasteiger charge is -2.26. The van der Waals surface area contributed by atoms with Gasteiger partial charge in [0, 0.05) is 38.6 Å². The summed E-state index contributed by atoms with van der Waals surface area (Å²) < 4.78 is 12.6. The van der Waals surface area contributed by atoms with E-state index in [2.05, 4.69) is 157 Å². The summed E-state index contributed by atoms with van der Waals surface area (Å²) >= 11 is 0. The Labute approximate surface area is 270 Å². The van der Waals surface area contributed by atoms with Crippen LogP contribution in [0.3, 0.4) is 0 Å². The second-order valence-corrected chi connectivity index (χ2v) is 12.2. The van der Waals surface area contributed by atoms with Crippen molar-refractivity contribution in [1.82, 2.24) is 0 Å². The molecule has 0 fully saturated rings. The molecule has 0 atom stereocenters. The van der Waals surface area contributed by atoms with Crippen LogP contribution in [0.4, 0.5) is 17.1 Å². The lowest BCUT2D eigenvalue weighted by atomic mass is 10.0. The first kappa shape index (κ1) is 26.0. The van der Waals surface area contributed by atoms with E-state index < -0.39 is 0 Å². The monoisotopic (exact) mass is 601 g/mol. The van der Waals surface area contributed by atoms with Crippen LogP contribution in [-0.2, 0) is 0 Å². The number of hydrogen-bond acceptors (Lipinski definition) is 3. The lowest BCUT2D eigenvalue weighted by Crippen LogP contribution is -2.09. The Kier molecular flexibility index (Phi) is 5.57. The smallest absolute Gasteiger partial charge is 0.136 e. The van der Waals surface area contributed by atoms with Gasteiger partial charge in [0.15, 0.2) is 0 Å². The quantitative estimate of drug-likeness (QED) is 0.201. The number of rotatable bonds is 4. The van der Waals surface area contributed by atoms with Gasteiger partial charge in [-0.05, 0) is 112 Å². The van der Waals surface area contributed by atoms with Crippen molar-refractivity contribution in [2.24, 2.45) is 0 Å². The fraction of sp³-hybridized carbons (Fsp3) is 0. The fourth-order valence-corrected chi connectivity index (χ4v) is 7.06. The minimum Gasteiger partial charge on any atom is -0.456 e. The zero-order valence-electron chi connectivity index (χ0n) is 25.4. The Morgan fingerprint density at radius 1 is 0.298 bits per heavy atom. The molecule has 0 N–H and O–H groups in total. The summed E-state index contributed by atoms with van der Waals surface area (Å²) in [7, 11) is 0. The van der Waals surface area contributed by atoms with Crippen LogP contribution in [0.2, 0.25) is 0 Å². The zero-order chi connectivity index (χ0) is 30.9. The third-order valence-corrected chi connectivity index (χ3v) is 9.39. The van der Waals surface area contributed by atoms with E-state index in [9.17, 15) is 0 Å². The second-order valence-electron chi connectivity index (χ2n) is 12.2. The van der Waals surface area contributed by atoms with E-state index in [1.807, 2.05) is 12.1 Å². The molecule has 0 amide bonds. The molecule has 0 radical (unpaired) electrons. The van der Waals surface area contributed by atoms with Gasteiger partial charge in [-0.2, -0.15) is 0 Å². The highest BCUT2D eigenvalue weighted by atomic mass is 16.3. The first-order chi connectivity index (χ1) is 23.2. The first-order valence-electron chi connectivity index (χ1n) is 15.9. The van der Waals surface area contributed by atoms with Crippen LogP contribution in [0.5, 0.6) is 0 Å². The molecule has 8 aromatic carbocycles. The summed E-state index contributed by atoms with van der Waals surface area (Å²) in [5.74, 6) is 0. The number of benzene rings is 8. The molecule has 0 aliphatic carbocycles. The van der Waals surface area contributed by atoms with Crippen molar-refractivity contribution < 1.29 is 8.83 Å². The molecule has 3 heteroatoms. The summed E-state index contributed by atoms with van der Waals surface area (Å²) in [6, 6.07) is 58.0. The standard InChI is InChI=1S/C44H27NO2/c1-2-10-34(11-3-1)45(36-20-16-31-24-39-37-12-6-7-13-41(37)46-44(39)27-33(31)22-36)35-18-14-28(15-19-35)32-17-21-38-40-23-29-8-4-5-9-30(29)25-43(40)47-42(38)26-32/h1-27H. The van der Waals surface area contributed by atoms with Gasteiger partial charge in [0.25, 0.3) is 0 Å². The molecule has 3 nitrogen and oxygen atoms in total. The Bertz CT molecular complexity index is 2790. The molecule has 220 valence electrons. The van der Waals surface area contributed by atoms with Crippen LogP contribution in [0, 0.1) is 0 Å². The molecule has 47 heavy (non-hydrogen) atoms. The van der Waals surface area contributed by atoms with Crippen molar-refractivity contribution >= 4 is 82.5 Å². The van der Waals surface area contributed by atoms with Crippen LogP contribution >= 0.6 is 0 Å². The number of nitrogens with zero attached hydrogens (tertiary/aromatic N) is 1. The van der Waals surface area contributed by atoms with E-state index in [1.165, 1.54) is 16.2 Å². The molecule has 0 saturated carbocycles. The van der Waals surface area contributed by atoms with E-state index in [-0.39, 0.29) is 0 Å². The van der Waals surface area contributed by atoms with Gasteiger partial charge < -0.3 is 13.7 Å². The summed E-state index contributed by atoms with van der Waals surface area (Å²) in [5, 5.41) is 9.31. The van der Waals surface area contributed by atoms with E-state index in [4.69, 9.17) is 8.83 Å². The molecule has 0 saturated heterocycles. The maximum absolute atomic E-state index is 6.36. The van der Waals surface area contributed by atoms with Crippen molar-refractivity contribution in [3.05, 3.63) is 164 Å². The minimum atomic E-state index is 0.900. The first-order valence-corrected chi connectivity index (χ1v) is 15.9. The highest BCUT2D eigenvalue weighted by Crippen LogP contribution is 2.40. The molecule has 10 rings (SSSR count). The van der Waals surface area contributed by atoms with Gasteiger partial charge in [-0.3, -0.25) is 0 Å². The largest absolute Gasteiger partial charge is 0.456 e. The second kappa shape index (κ2) is 10.1. The van der Waals surface area contributed by atoms with E-state index in [0.29, 0.717) is 0 Å². The molecule has 10 aromatic rings. The third-order valence-electron chi connectivity index (χ3n) is 9.39. The summed E-state index contributed by atoms with van der Waals surface area (Å²) in [4.78, 5) is 2.30. The van der Waals surface area contributed by atoms with Crippen molar-refractivity contribution in [3.63, 3.8) is 0 Å². The van der Waals surface area contributed by atoms with Gasteiger partial charge in [-0.15, -0.1) is 0 Å². The van der Waals surface area contributed by atoms with Gasteiger partial charge in [-0.1, -0.05) is 84.9 Å². The van der Waals surface area contributed by atoms with Gasteiger partial charge in [0.05, 0.1) is 0 Å². The average molecular weight is 602 g/mol. The molecule has 0 unspecified atom stereocenters. The third kappa shape index (κ3) is 4.21. The maximum Gasteiger partial charge on any atom is 0.136 e. The van der Waals surface area contributed by atoms with Crippen LogP contribution in [0.1, 0.15) is 0 Å². The SMILES string of the molecule is c1ccc(N(c2ccc(-c3ccc4c(c3)oc3cc5ccccc5cc34)cc2)c2ccc3cc4c(cc3c2)oc2ccccc24)cc1. The van der Waals surface area contributed by atoms with Crippen molar-refractivity contribution in [2.45, 2.75) is 0 Å². The Balaban J connectivity index is 1.05.